The van der Waals surface area contributed by atoms with E-state index in [1.54, 1.807) is 29.2 Å². The number of nitrogens with zero attached hydrogens (tertiary/aromatic N) is 2. The number of benzene rings is 1. The maximum Gasteiger partial charge on any atom is 0.415 e. The van der Waals surface area contributed by atoms with E-state index in [9.17, 15) is 4.79 Å². The molecular formula is C23H35ClN2O2. The van der Waals surface area contributed by atoms with Crippen LogP contribution >= 0.6 is 11.6 Å². The zero-order valence-corrected chi connectivity index (χ0v) is 18.2. The lowest BCUT2D eigenvalue weighted by atomic mass is 9.82. The number of rotatable bonds is 10. The monoisotopic (exact) mass is 406 g/mol. The normalized spacial score (nSPS) is 19.4. The summed E-state index contributed by atoms with van der Waals surface area (Å²) < 4.78 is 5.46. The maximum absolute atomic E-state index is 12.4. The quantitative estimate of drug-likeness (QED) is 0.352. The van der Waals surface area contributed by atoms with Crippen molar-refractivity contribution in [2.45, 2.75) is 57.4 Å². The molecule has 156 valence electrons. The number of carbonyl (C=O) groups excluding carboxylic acids is 1. The van der Waals surface area contributed by atoms with E-state index in [-0.39, 0.29) is 12.1 Å². The van der Waals surface area contributed by atoms with Gasteiger partial charge in [-0.1, -0.05) is 36.9 Å². The molecule has 2 rings (SSSR count). The Morgan fingerprint density at radius 3 is 2.46 bits per heavy atom. The molecule has 4 nitrogen and oxygen atoms in total. The first kappa shape index (κ1) is 22.8. The van der Waals surface area contributed by atoms with Crippen molar-refractivity contribution < 1.29 is 9.53 Å². The van der Waals surface area contributed by atoms with Crippen LogP contribution in [0.4, 0.5) is 4.79 Å². The molecule has 1 aromatic rings. The fourth-order valence-electron chi connectivity index (χ4n) is 3.95. The van der Waals surface area contributed by atoms with Crippen LogP contribution in [0.25, 0.3) is 0 Å². The lowest BCUT2D eigenvalue weighted by Gasteiger charge is -2.34. The van der Waals surface area contributed by atoms with Gasteiger partial charge in [-0.3, -0.25) is 0 Å². The topological polar surface area (TPSA) is 32.8 Å². The van der Waals surface area contributed by atoms with Crippen molar-refractivity contribution in [3.63, 3.8) is 0 Å². The molecule has 1 aliphatic rings. The molecule has 0 aromatic heterocycles. The van der Waals surface area contributed by atoms with E-state index in [1.165, 1.54) is 38.5 Å². The Hall–Kier alpha value is -1.52. The number of unbranched alkanes of at least 4 members (excludes halogenated alkanes) is 2. The molecule has 28 heavy (non-hydrogen) atoms. The van der Waals surface area contributed by atoms with Gasteiger partial charge >= 0.3 is 6.09 Å². The third-order valence-corrected chi connectivity index (χ3v) is 6.02. The average molecular weight is 407 g/mol. The average Bonchev–Trinajstić information content (AvgIpc) is 2.69. The molecule has 1 aromatic carbocycles. The molecule has 0 spiro atoms. The molecule has 0 unspecified atom stereocenters. The Labute approximate surface area is 175 Å². The van der Waals surface area contributed by atoms with E-state index < -0.39 is 0 Å². The predicted molar refractivity (Wildman–Crippen MR) is 117 cm³/mol. The van der Waals surface area contributed by atoms with Crippen molar-refractivity contribution in [2.24, 2.45) is 5.92 Å². The van der Waals surface area contributed by atoms with Crippen molar-refractivity contribution in [2.75, 3.05) is 27.2 Å². The summed E-state index contributed by atoms with van der Waals surface area (Å²) in [6.45, 7) is 5.90. The Morgan fingerprint density at radius 1 is 1.14 bits per heavy atom. The van der Waals surface area contributed by atoms with Gasteiger partial charge in [0.15, 0.2) is 0 Å². The highest BCUT2D eigenvalue weighted by atomic mass is 35.5. The summed E-state index contributed by atoms with van der Waals surface area (Å²) >= 11 is 5.87. The van der Waals surface area contributed by atoms with Gasteiger partial charge in [-0.2, -0.15) is 0 Å². The van der Waals surface area contributed by atoms with Crippen LogP contribution in [0.3, 0.4) is 0 Å². The van der Waals surface area contributed by atoms with Gasteiger partial charge in [0.05, 0.1) is 0 Å². The molecule has 1 fully saturated rings. The largest absolute Gasteiger partial charge is 0.415 e. The molecule has 0 N–H and O–H groups in total. The molecule has 0 bridgehead atoms. The first-order chi connectivity index (χ1) is 13.5. The standard InChI is InChI=1S/C23H35ClN2O2/c1-4-17-25(2)18-7-5-6-8-19-9-13-21(14-10-19)26(3)23(27)28-22-15-11-20(24)12-16-22/h4,11-12,15-16,19,21H,1,5-10,13-14,17-18H2,2-3H3. The van der Waals surface area contributed by atoms with Crippen LogP contribution in [0, 0.1) is 5.92 Å². The van der Waals surface area contributed by atoms with Gasteiger partial charge in [0.1, 0.15) is 5.75 Å². The first-order valence-corrected chi connectivity index (χ1v) is 10.9. The molecular weight excluding hydrogens is 372 g/mol. The van der Waals surface area contributed by atoms with Crippen molar-refractivity contribution in [3.05, 3.63) is 41.9 Å². The first-order valence-electron chi connectivity index (χ1n) is 10.5. The minimum absolute atomic E-state index is 0.281. The highest BCUT2D eigenvalue weighted by Crippen LogP contribution is 2.31. The van der Waals surface area contributed by atoms with Crippen molar-refractivity contribution in [1.29, 1.82) is 0 Å². The Kier molecular flexibility index (Phi) is 9.86. The Morgan fingerprint density at radius 2 is 1.82 bits per heavy atom. The van der Waals surface area contributed by atoms with E-state index in [1.807, 2.05) is 13.1 Å². The molecule has 0 atom stereocenters. The van der Waals surface area contributed by atoms with Gasteiger partial charge in [-0.05, 0) is 75.9 Å². The molecule has 5 heteroatoms. The summed E-state index contributed by atoms with van der Waals surface area (Å²) in [6, 6.07) is 7.18. The fourth-order valence-corrected chi connectivity index (χ4v) is 4.07. The highest BCUT2D eigenvalue weighted by molar-refractivity contribution is 6.30. The fraction of sp³-hybridized carbons (Fsp3) is 0.609. The minimum atomic E-state index is -0.283. The SMILES string of the molecule is C=CCN(C)CCCCCC1CCC(N(C)C(=O)Oc2ccc(Cl)cc2)CC1. The third-order valence-electron chi connectivity index (χ3n) is 5.76. The van der Waals surface area contributed by atoms with Gasteiger partial charge < -0.3 is 14.5 Å². The lowest BCUT2D eigenvalue weighted by molar-refractivity contribution is 0.123. The number of amides is 1. The van der Waals surface area contributed by atoms with Crippen LogP contribution in [0.15, 0.2) is 36.9 Å². The molecule has 0 radical (unpaired) electrons. The van der Waals surface area contributed by atoms with Gasteiger partial charge in [0.2, 0.25) is 0 Å². The molecule has 1 amide bonds. The minimum Gasteiger partial charge on any atom is -0.410 e. The van der Waals surface area contributed by atoms with Crippen LogP contribution < -0.4 is 4.74 Å². The zero-order valence-electron chi connectivity index (χ0n) is 17.4. The molecule has 0 heterocycles. The number of hydrogen-bond donors (Lipinski definition) is 0. The number of ether oxygens (including phenoxy) is 1. The molecule has 0 aliphatic heterocycles. The second-order valence-corrected chi connectivity index (χ2v) is 8.44. The summed E-state index contributed by atoms with van der Waals surface area (Å²) in [5.41, 5.74) is 0. The second-order valence-electron chi connectivity index (χ2n) is 8.01. The third kappa shape index (κ3) is 7.84. The predicted octanol–water partition coefficient (Wildman–Crippen LogP) is 6.01. The van der Waals surface area contributed by atoms with Gasteiger partial charge in [0, 0.05) is 24.7 Å². The van der Waals surface area contributed by atoms with Crippen LogP contribution in [0.1, 0.15) is 51.4 Å². The number of carbonyl (C=O) groups is 1. The zero-order chi connectivity index (χ0) is 20.4. The van der Waals surface area contributed by atoms with E-state index >= 15 is 0 Å². The molecule has 1 aliphatic carbocycles. The smallest absolute Gasteiger partial charge is 0.410 e. The van der Waals surface area contributed by atoms with Crippen LogP contribution in [-0.2, 0) is 0 Å². The summed E-state index contributed by atoms with van der Waals surface area (Å²) in [5, 5.41) is 0.634. The Balaban J connectivity index is 1.62. The summed E-state index contributed by atoms with van der Waals surface area (Å²) in [5.74, 6) is 1.34. The van der Waals surface area contributed by atoms with Crippen LogP contribution in [0.5, 0.6) is 5.75 Å². The van der Waals surface area contributed by atoms with Gasteiger partial charge in [-0.25, -0.2) is 4.79 Å². The van der Waals surface area contributed by atoms with E-state index in [0.29, 0.717) is 10.8 Å². The summed E-state index contributed by atoms with van der Waals surface area (Å²) in [6.07, 6.45) is 11.4. The second kappa shape index (κ2) is 12.1. The Bertz CT molecular complexity index is 597. The van der Waals surface area contributed by atoms with Crippen LogP contribution in [-0.4, -0.2) is 49.1 Å². The number of likely N-dealkylation sites (N-methyl/N-ethyl adjacent to an activating group) is 1. The summed E-state index contributed by atoms with van der Waals surface area (Å²) in [7, 11) is 4.00. The maximum atomic E-state index is 12.4. The van der Waals surface area contributed by atoms with E-state index in [4.69, 9.17) is 16.3 Å². The van der Waals surface area contributed by atoms with Crippen LogP contribution in [0.2, 0.25) is 5.02 Å². The highest BCUT2D eigenvalue weighted by Gasteiger charge is 2.27. The van der Waals surface area contributed by atoms with E-state index in [0.717, 1.165) is 31.8 Å². The molecule has 1 saturated carbocycles. The van der Waals surface area contributed by atoms with Gasteiger partial charge in [-0.15, -0.1) is 6.58 Å². The number of halogens is 1. The van der Waals surface area contributed by atoms with E-state index in [2.05, 4.69) is 18.5 Å². The number of hydrogen-bond acceptors (Lipinski definition) is 3. The van der Waals surface area contributed by atoms with Crippen molar-refractivity contribution in [1.82, 2.24) is 9.80 Å². The van der Waals surface area contributed by atoms with Gasteiger partial charge in [0.25, 0.3) is 0 Å². The van der Waals surface area contributed by atoms with Crippen molar-refractivity contribution >= 4 is 17.7 Å². The lowest BCUT2D eigenvalue weighted by Crippen LogP contribution is -2.41. The molecule has 0 saturated heterocycles. The summed E-state index contributed by atoms with van der Waals surface area (Å²) in [4.78, 5) is 16.5. The van der Waals surface area contributed by atoms with Crippen molar-refractivity contribution in [3.8, 4) is 5.75 Å².